The lowest BCUT2D eigenvalue weighted by atomic mass is 9.92. The van der Waals surface area contributed by atoms with E-state index in [0.29, 0.717) is 52.9 Å². The fraction of sp³-hybridized carbons (Fsp3) is 0.667. The van der Waals surface area contributed by atoms with E-state index in [1.54, 1.807) is 12.7 Å². The summed E-state index contributed by atoms with van der Waals surface area (Å²) < 4.78 is 40.1. The van der Waals surface area contributed by atoms with E-state index < -0.39 is 0 Å². The van der Waals surface area contributed by atoms with Crippen molar-refractivity contribution in [2.45, 2.75) is 56.5 Å². The molecule has 0 radical (unpaired) electrons. The van der Waals surface area contributed by atoms with Gasteiger partial charge in [0.25, 0.3) is 0 Å². The summed E-state index contributed by atoms with van der Waals surface area (Å²) in [6.45, 7) is 5.81. The minimum Gasteiger partial charge on any atom is -0.381 e. The van der Waals surface area contributed by atoms with Crippen LogP contribution in [-0.2, 0) is 11.3 Å². The summed E-state index contributed by atoms with van der Waals surface area (Å²) in [7, 11) is 0. The summed E-state index contributed by atoms with van der Waals surface area (Å²) in [5.74, 6) is 0.950. The van der Waals surface area contributed by atoms with Crippen molar-refractivity contribution >= 4 is 17.6 Å². The Morgan fingerprint density at radius 2 is 1.73 bits per heavy atom. The normalized spacial score (nSPS) is 32.8. The van der Waals surface area contributed by atoms with Gasteiger partial charge in [-0.3, -0.25) is 0 Å². The molecule has 0 amide bonds. The van der Waals surface area contributed by atoms with Crippen LogP contribution in [-0.4, -0.2) is 56.7 Å². The van der Waals surface area contributed by atoms with Crippen molar-refractivity contribution in [1.29, 1.82) is 0 Å². The van der Waals surface area contributed by atoms with Crippen molar-refractivity contribution in [2.24, 2.45) is 17.8 Å². The zero-order chi connectivity index (χ0) is 22.5. The number of hydrogen-bond donors (Lipinski definition) is 0. The van der Waals surface area contributed by atoms with E-state index in [9.17, 15) is 0 Å². The first kappa shape index (κ1) is 21.8. The highest BCUT2D eigenvalue weighted by Gasteiger charge is 2.57. The van der Waals surface area contributed by atoms with Crippen LogP contribution in [0.25, 0.3) is 0 Å². The van der Waals surface area contributed by atoms with E-state index in [4.69, 9.17) is 4.74 Å². The van der Waals surface area contributed by atoms with Gasteiger partial charge in [0.15, 0.2) is 0 Å². The molecule has 4 fully saturated rings. The maximum atomic E-state index is 15.2. The van der Waals surface area contributed by atoms with E-state index in [1.807, 2.05) is 21.4 Å². The lowest BCUT2D eigenvalue weighted by Crippen LogP contribution is -2.38. The van der Waals surface area contributed by atoms with Crippen molar-refractivity contribution in [3.63, 3.8) is 0 Å². The van der Waals surface area contributed by atoms with Crippen LogP contribution < -0.4 is 4.90 Å². The van der Waals surface area contributed by atoms with Gasteiger partial charge in [-0.15, -0.1) is 10.2 Å². The first-order valence-electron chi connectivity index (χ1n) is 12.2. The second-order valence-corrected chi connectivity index (χ2v) is 11.4. The van der Waals surface area contributed by atoms with Crippen LogP contribution >= 0.6 is 11.9 Å². The fourth-order valence-electron chi connectivity index (χ4n) is 6.09. The van der Waals surface area contributed by atoms with Gasteiger partial charge in [-0.05, 0) is 44.6 Å². The standard InChI is InChI=1S/C24H31F2N5OS/c1-15-2-3-23(16-4-6-32-7-5-16)33-31(15)10-17-8-21(26)22(9-20(17)25)29-11-18-19(12-29)24(18)30-13-27-28-14-30/h8-9,13-16,18-19,23-24H,2-7,10-12H2,1H3/t15-,18-,19+,23?,24?/m0/s1. The molecule has 5 atom stereocenters. The second-order valence-electron chi connectivity index (χ2n) is 10.1. The Balaban J connectivity index is 1.12. The molecule has 1 saturated carbocycles. The van der Waals surface area contributed by atoms with Gasteiger partial charge in [0, 0.05) is 73.6 Å². The van der Waals surface area contributed by atoms with Gasteiger partial charge in [-0.25, -0.2) is 13.1 Å². The number of aromatic nitrogens is 3. The number of nitrogens with zero attached hydrogens (tertiary/aromatic N) is 5. The quantitative estimate of drug-likeness (QED) is 0.602. The van der Waals surface area contributed by atoms with Gasteiger partial charge in [-0.2, -0.15) is 0 Å². The molecule has 6 nitrogen and oxygen atoms in total. The highest BCUT2D eigenvalue weighted by Crippen LogP contribution is 2.56. The number of hydrogen-bond acceptors (Lipinski definition) is 6. The maximum absolute atomic E-state index is 15.2. The summed E-state index contributed by atoms with van der Waals surface area (Å²) in [5, 5.41) is 8.32. The van der Waals surface area contributed by atoms with E-state index >= 15 is 8.78 Å². The first-order chi connectivity index (χ1) is 16.1. The topological polar surface area (TPSA) is 46.4 Å². The molecule has 0 N–H and O–H groups in total. The second kappa shape index (κ2) is 8.82. The zero-order valence-corrected chi connectivity index (χ0v) is 19.8. The Kier molecular flexibility index (Phi) is 5.82. The van der Waals surface area contributed by atoms with Crippen molar-refractivity contribution < 1.29 is 13.5 Å². The number of rotatable bonds is 5. The molecule has 33 heavy (non-hydrogen) atoms. The largest absolute Gasteiger partial charge is 0.381 e. The average molecular weight is 476 g/mol. The van der Waals surface area contributed by atoms with Gasteiger partial charge in [0.1, 0.15) is 24.3 Å². The number of anilines is 1. The molecule has 1 aromatic heterocycles. The summed E-state index contributed by atoms with van der Waals surface area (Å²) in [4.78, 5) is 2.00. The van der Waals surface area contributed by atoms with Gasteiger partial charge in [0.2, 0.25) is 0 Å². The van der Waals surface area contributed by atoms with Crippen molar-refractivity contribution in [3.05, 3.63) is 42.0 Å². The van der Waals surface area contributed by atoms with Gasteiger partial charge in [-0.1, -0.05) is 11.9 Å². The smallest absolute Gasteiger partial charge is 0.147 e. The molecule has 1 aromatic carbocycles. The van der Waals surface area contributed by atoms with E-state index in [-0.39, 0.29) is 11.6 Å². The third-order valence-electron chi connectivity index (χ3n) is 8.14. The first-order valence-corrected chi connectivity index (χ1v) is 13.0. The molecule has 2 unspecified atom stereocenters. The number of piperidine rings is 1. The van der Waals surface area contributed by atoms with Crippen LogP contribution in [0.2, 0.25) is 0 Å². The molecule has 3 aliphatic heterocycles. The highest BCUT2D eigenvalue weighted by molar-refractivity contribution is 7.97. The predicted molar refractivity (Wildman–Crippen MR) is 124 cm³/mol. The highest BCUT2D eigenvalue weighted by atomic mass is 32.2. The maximum Gasteiger partial charge on any atom is 0.147 e. The Labute approximate surface area is 197 Å². The van der Waals surface area contributed by atoms with Crippen molar-refractivity contribution in [1.82, 2.24) is 19.1 Å². The molecule has 2 aromatic rings. The van der Waals surface area contributed by atoms with E-state index in [2.05, 4.69) is 21.4 Å². The molecular formula is C24H31F2N5OS. The van der Waals surface area contributed by atoms with Crippen LogP contribution in [0.5, 0.6) is 0 Å². The van der Waals surface area contributed by atoms with Crippen LogP contribution in [0.4, 0.5) is 14.5 Å². The number of fused-ring (bicyclic) bond motifs is 1. The molecule has 4 aliphatic rings. The number of ether oxygens (including phenoxy) is 1. The van der Waals surface area contributed by atoms with Crippen LogP contribution in [0, 0.1) is 29.4 Å². The predicted octanol–water partition coefficient (Wildman–Crippen LogP) is 4.29. The SMILES string of the molecule is C[C@H]1CCC(C2CCOCC2)SN1Cc1cc(F)c(N2C[C@@H]3C(n4cnnc4)[C@@H]3C2)cc1F. The van der Waals surface area contributed by atoms with Crippen molar-refractivity contribution in [3.8, 4) is 0 Å². The van der Waals surface area contributed by atoms with E-state index in [0.717, 1.165) is 45.6 Å². The Morgan fingerprint density at radius 3 is 2.45 bits per heavy atom. The Morgan fingerprint density at radius 1 is 1.00 bits per heavy atom. The van der Waals surface area contributed by atoms with Gasteiger partial charge < -0.3 is 14.2 Å². The lowest BCUT2D eigenvalue weighted by molar-refractivity contribution is 0.0631. The Bertz CT molecular complexity index is 973. The average Bonchev–Trinajstić information content (AvgIpc) is 3.19. The third-order valence-corrected chi connectivity index (χ3v) is 9.79. The summed E-state index contributed by atoms with van der Waals surface area (Å²) in [5.41, 5.74) is 0.848. The Hall–Kier alpha value is -1.71. The lowest BCUT2D eigenvalue weighted by Gasteiger charge is -2.41. The summed E-state index contributed by atoms with van der Waals surface area (Å²) >= 11 is 1.86. The minimum absolute atomic E-state index is 0.302. The third kappa shape index (κ3) is 4.17. The van der Waals surface area contributed by atoms with Gasteiger partial charge in [0.05, 0.1) is 5.69 Å². The summed E-state index contributed by atoms with van der Waals surface area (Å²) in [6.07, 6.45) is 7.99. The zero-order valence-electron chi connectivity index (χ0n) is 18.9. The van der Waals surface area contributed by atoms with Crippen LogP contribution in [0.1, 0.15) is 44.2 Å². The monoisotopic (exact) mass is 475 g/mol. The molecular weight excluding hydrogens is 444 g/mol. The molecule has 178 valence electrons. The van der Waals surface area contributed by atoms with E-state index in [1.165, 1.54) is 18.6 Å². The summed E-state index contributed by atoms with van der Waals surface area (Å²) in [6, 6.07) is 3.59. The molecule has 6 rings (SSSR count). The fourth-order valence-corrected chi connectivity index (χ4v) is 7.65. The minimum atomic E-state index is -0.316. The van der Waals surface area contributed by atoms with Gasteiger partial charge >= 0.3 is 0 Å². The molecule has 3 saturated heterocycles. The molecule has 0 spiro atoms. The number of halogens is 2. The van der Waals surface area contributed by atoms with Crippen molar-refractivity contribution in [2.75, 3.05) is 31.2 Å². The molecule has 4 heterocycles. The van der Waals surface area contributed by atoms with Crippen LogP contribution in [0.15, 0.2) is 24.8 Å². The molecule has 1 aliphatic carbocycles. The molecule has 0 bridgehead atoms. The van der Waals surface area contributed by atoms with Crippen LogP contribution in [0.3, 0.4) is 0 Å². The molecule has 9 heteroatoms. The number of benzene rings is 1.